The highest BCUT2D eigenvalue weighted by molar-refractivity contribution is 14.1. The summed E-state index contributed by atoms with van der Waals surface area (Å²) in [6.07, 6.45) is -0.438. The standard InChI is InChI=1S/C25H24I2N2O4/c1-15-8-9-21(16(2)10-15)28-24(31)22(13-18-11-19(26)23(30)20(27)12-18)29-25(32)33-14-17-6-4-3-5-7-17/h3-12,22,30H,13-14H2,1-2H3,(H,28,31)(H,29,32)/t22-/m0/s1. The van der Waals surface area contributed by atoms with E-state index in [1.807, 2.05) is 108 Å². The molecule has 1 atom stereocenters. The quantitative estimate of drug-likeness (QED) is 0.282. The number of hydrogen-bond acceptors (Lipinski definition) is 4. The molecule has 3 N–H and O–H groups in total. The molecule has 0 aliphatic heterocycles. The molecule has 0 saturated heterocycles. The van der Waals surface area contributed by atoms with Crippen LogP contribution in [-0.2, 0) is 22.6 Å². The molecule has 0 bridgehead atoms. The summed E-state index contributed by atoms with van der Waals surface area (Å²) in [5.74, 6) is -0.150. The van der Waals surface area contributed by atoms with Gasteiger partial charge in [-0.25, -0.2) is 4.79 Å². The predicted molar refractivity (Wildman–Crippen MR) is 145 cm³/mol. The van der Waals surface area contributed by atoms with Crippen molar-refractivity contribution in [3.8, 4) is 5.75 Å². The lowest BCUT2D eigenvalue weighted by atomic mass is 10.0. The molecule has 33 heavy (non-hydrogen) atoms. The first-order valence-corrected chi connectivity index (χ1v) is 12.4. The fourth-order valence-electron chi connectivity index (χ4n) is 3.26. The smallest absolute Gasteiger partial charge is 0.408 e. The number of halogens is 2. The number of phenols is 1. The Kier molecular flexibility index (Phi) is 8.95. The van der Waals surface area contributed by atoms with Crippen molar-refractivity contribution in [3.63, 3.8) is 0 Å². The predicted octanol–water partition coefficient (Wildman–Crippen LogP) is 5.69. The molecule has 0 radical (unpaired) electrons. The van der Waals surface area contributed by atoms with Gasteiger partial charge in [-0.2, -0.15) is 0 Å². The zero-order valence-corrected chi connectivity index (χ0v) is 22.5. The molecule has 0 saturated carbocycles. The van der Waals surface area contributed by atoms with Crippen molar-refractivity contribution in [2.45, 2.75) is 32.9 Å². The Labute approximate surface area is 220 Å². The molecule has 3 aromatic rings. The van der Waals surface area contributed by atoms with Gasteiger partial charge in [-0.1, -0.05) is 48.0 Å². The van der Waals surface area contributed by atoms with Gasteiger partial charge in [0, 0.05) is 12.1 Å². The third-order valence-electron chi connectivity index (χ3n) is 4.98. The number of carbonyl (C=O) groups is 2. The van der Waals surface area contributed by atoms with Crippen molar-refractivity contribution >= 4 is 62.9 Å². The van der Waals surface area contributed by atoms with Crippen LogP contribution in [0.5, 0.6) is 5.75 Å². The second-order valence-corrected chi connectivity index (χ2v) is 10.0. The number of nitrogens with one attached hydrogen (secondary N) is 2. The van der Waals surface area contributed by atoms with Gasteiger partial charge in [0.25, 0.3) is 0 Å². The highest BCUT2D eigenvalue weighted by Crippen LogP contribution is 2.28. The lowest BCUT2D eigenvalue weighted by molar-refractivity contribution is -0.118. The summed E-state index contributed by atoms with van der Waals surface area (Å²) < 4.78 is 6.68. The molecule has 8 heteroatoms. The van der Waals surface area contributed by atoms with Gasteiger partial charge in [-0.15, -0.1) is 0 Å². The van der Waals surface area contributed by atoms with Gasteiger partial charge in [0.05, 0.1) is 7.14 Å². The summed E-state index contributed by atoms with van der Waals surface area (Å²) in [6, 6.07) is 17.8. The molecule has 3 rings (SSSR count). The minimum Gasteiger partial charge on any atom is -0.506 e. The van der Waals surface area contributed by atoms with Crippen LogP contribution in [0.25, 0.3) is 0 Å². The average molecular weight is 670 g/mol. The highest BCUT2D eigenvalue weighted by Gasteiger charge is 2.23. The molecule has 0 aliphatic carbocycles. The van der Waals surface area contributed by atoms with Crippen LogP contribution in [0.3, 0.4) is 0 Å². The Morgan fingerprint density at radius 2 is 1.64 bits per heavy atom. The molecule has 0 aliphatic rings. The molecular formula is C25H24I2N2O4. The summed E-state index contributed by atoms with van der Waals surface area (Å²) in [5, 5.41) is 15.7. The van der Waals surface area contributed by atoms with Gasteiger partial charge in [0.15, 0.2) is 0 Å². The summed E-state index contributed by atoms with van der Waals surface area (Å²) in [7, 11) is 0. The first-order chi connectivity index (χ1) is 15.7. The Morgan fingerprint density at radius 3 is 2.27 bits per heavy atom. The van der Waals surface area contributed by atoms with E-state index in [0.717, 1.165) is 22.3 Å². The molecule has 6 nitrogen and oxygen atoms in total. The number of rotatable bonds is 7. The number of aryl methyl sites for hydroxylation is 2. The SMILES string of the molecule is Cc1ccc(NC(=O)[C@H](Cc2cc(I)c(O)c(I)c2)NC(=O)OCc2ccccc2)c(C)c1. The van der Waals surface area contributed by atoms with E-state index in [1.54, 1.807) is 12.1 Å². The summed E-state index contributed by atoms with van der Waals surface area (Å²) >= 11 is 4.09. The average Bonchev–Trinajstić information content (AvgIpc) is 2.78. The molecule has 0 aromatic heterocycles. The molecule has 3 aromatic carbocycles. The maximum Gasteiger partial charge on any atom is 0.408 e. The number of amides is 2. The van der Waals surface area contributed by atoms with Crippen LogP contribution >= 0.6 is 45.2 Å². The van der Waals surface area contributed by atoms with Crippen molar-refractivity contribution in [3.05, 3.63) is 90.1 Å². The van der Waals surface area contributed by atoms with Crippen LogP contribution in [-0.4, -0.2) is 23.1 Å². The topological polar surface area (TPSA) is 87.7 Å². The lowest BCUT2D eigenvalue weighted by Crippen LogP contribution is -2.45. The summed E-state index contributed by atoms with van der Waals surface area (Å²) in [4.78, 5) is 25.7. The number of carbonyl (C=O) groups excluding carboxylic acids is 2. The molecular weight excluding hydrogens is 646 g/mol. The third kappa shape index (κ3) is 7.32. The minimum atomic E-state index is -0.870. The maximum atomic E-state index is 13.2. The number of hydrogen-bond donors (Lipinski definition) is 3. The highest BCUT2D eigenvalue weighted by atomic mass is 127. The number of anilines is 1. The fraction of sp³-hybridized carbons (Fsp3) is 0.200. The first-order valence-electron chi connectivity index (χ1n) is 10.2. The van der Waals surface area contributed by atoms with Gasteiger partial charge in [0.2, 0.25) is 5.91 Å². The number of ether oxygens (including phenoxy) is 1. The third-order valence-corrected chi connectivity index (χ3v) is 6.62. The van der Waals surface area contributed by atoms with E-state index in [0.29, 0.717) is 12.8 Å². The number of benzene rings is 3. The number of alkyl carbamates (subject to hydrolysis) is 1. The van der Waals surface area contributed by atoms with E-state index in [2.05, 4.69) is 10.6 Å². The second kappa shape index (κ2) is 11.7. The van der Waals surface area contributed by atoms with Crippen molar-refractivity contribution in [1.29, 1.82) is 0 Å². The van der Waals surface area contributed by atoms with Crippen LogP contribution in [0, 0.1) is 21.0 Å². The van der Waals surface area contributed by atoms with Gasteiger partial charge in [-0.3, -0.25) is 4.79 Å². The Balaban J connectivity index is 1.77. The minimum absolute atomic E-state index is 0.104. The Hall–Kier alpha value is -2.34. The molecule has 0 fully saturated rings. The monoisotopic (exact) mass is 670 g/mol. The van der Waals surface area contributed by atoms with Crippen molar-refractivity contribution in [1.82, 2.24) is 5.32 Å². The molecule has 0 unspecified atom stereocenters. The molecule has 2 amide bonds. The van der Waals surface area contributed by atoms with E-state index >= 15 is 0 Å². The van der Waals surface area contributed by atoms with Crippen LogP contribution < -0.4 is 10.6 Å². The maximum absolute atomic E-state index is 13.2. The van der Waals surface area contributed by atoms with Gasteiger partial charge in [-0.05, 0) is 93.9 Å². The zero-order chi connectivity index (χ0) is 24.0. The molecule has 172 valence electrons. The largest absolute Gasteiger partial charge is 0.506 e. The fourth-order valence-corrected chi connectivity index (χ4v) is 5.16. The van der Waals surface area contributed by atoms with E-state index in [4.69, 9.17) is 4.74 Å². The second-order valence-electron chi connectivity index (χ2n) is 7.68. The summed E-state index contributed by atoms with van der Waals surface area (Å²) in [6.45, 7) is 4.01. The molecule has 0 heterocycles. The van der Waals surface area contributed by atoms with Gasteiger partial charge >= 0.3 is 6.09 Å². The van der Waals surface area contributed by atoms with Gasteiger partial charge < -0.3 is 20.5 Å². The normalized spacial score (nSPS) is 11.5. The van der Waals surface area contributed by atoms with Crippen LogP contribution in [0.15, 0.2) is 60.7 Å². The van der Waals surface area contributed by atoms with Crippen molar-refractivity contribution in [2.24, 2.45) is 0 Å². The first kappa shape index (κ1) is 25.3. The summed E-state index contributed by atoms with van der Waals surface area (Å²) in [5.41, 5.74) is 4.38. The van der Waals surface area contributed by atoms with Crippen LogP contribution in [0.2, 0.25) is 0 Å². The number of phenolic OH excluding ortho intramolecular Hbond substituents is 1. The van der Waals surface area contributed by atoms with Crippen molar-refractivity contribution < 1.29 is 19.4 Å². The Morgan fingerprint density at radius 1 is 0.970 bits per heavy atom. The van der Waals surface area contributed by atoms with E-state index in [-0.39, 0.29) is 24.7 Å². The van der Waals surface area contributed by atoms with E-state index in [1.165, 1.54) is 0 Å². The Bertz CT molecular complexity index is 1130. The van der Waals surface area contributed by atoms with Crippen LogP contribution in [0.4, 0.5) is 10.5 Å². The lowest BCUT2D eigenvalue weighted by Gasteiger charge is -2.20. The number of aromatic hydroxyl groups is 1. The van der Waals surface area contributed by atoms with Gasteiger partial charge in [0.1, 0.15) is 18.4 Å². The van der Waals surface area contributed by atoms with E-state index < -0.39 is 12.1 Å². The van der Waals surface area contributed by atoms with Crippen LogP contribution in [0.1, 0.15) is 22.3 Å². The molecule has 0 spiro atoms. The van der Waals surface area contributed by atoms with E-state index in [9.17, 15) is 14.7 Å². The van der Waals surface area contributed by atoms with Crippen molar-refractivity contribution in [2.75, 3.05) is 5.32 Å². The zero-order valence-electron chi connectivity index (χ0n) is 18.2.